The average molecular weight is 253 g/mol. The maximum Gasteiger partial charge on any atom is 0.400 e. The second-order valence-corrected chi connectivity index (χ2v) is 4.35. The van der Waals surface area contributed by atoms with Crippen LogP contribution < -0.4 is 5.73 Å². The van der Waals surface area contributed by atoms with Crippen molar-refractivity contribution >= 4 is 5.84 Å². The monoisotopic (exact) mass is 253 g/mol. The Bertz CT molecular complexity index is 276. The Morgan fingerprint density at radius 3 is 2.47 bits per heavy atom. The Morgan fingerprint density at radius 1 is 1.53 bits per heavy atom. The minimum Gasteiger partial charge on any atom is -0.409 e. The number of oxime groups is 1. The molecule has 100 valence electrons. The first-order valence-electron chi connectivity index (χ1n) is 5.68. The number of nitrogens with zero attached hydrogens (tertiary/aromatic N) is 2. The van der Waals surface area contributed by atoms with Crippen molar-refractivity contribution in [3.8, 4) is 0 Å². The maximum absolute atomic E-state index is 12.7. The van der Waals surface area contributed by atoms with Gasteiger partial charge in [0.15, 0.2) is 5.84 Å². The van der Waals surface area contributed by atoms with E-state index in [9.17, 15) is 13.2 Å². The van der Waals surface area contributed by atoms with Crippen molar-refractivity contribution in [2.24, 2.45) is 16.8 Å². The molecule has 0 aromatic heterocycles. The smallest absolute Gasteiger partial charge is 0.400 e. The molecule has 1 saturated carbocycles. The van der Waals surface area contributed by atoms with E-state index < -0.39 is 17.9 Å². The standard InChI is InChI=1S/C10H18F3N3O/c1-2-5-16(7-3-4-7)6-8(9(14)15-17)10(11,12)13/h7-8,17H,2-6H2,1H3,(H2,14,15). The first-order valence-corrected chi connectivity index (χ1v) is 5.68. The number of rotatable bonds is 6. The summed E-state index contributed by atoms with van der Waals surface area (Å²) < 4.78 is 38.2. The molecule has 17 heavy (non-hydrogen) atoms. The number of amidine groups is 1. The van der Waals surface area contributed by atoms with E-state index in [1.54, 1.807) is 4.90 Å². The third kappa shape index (κ3) is 4.07. The highest BCUT2D eigenvalue weighted by Crippen LogP contribution is 2.32. The molecule has 0 aromatic rings. The van der Waals surface area contributed by atoms with Crippen LogP contribution in [0, 0.1) is 5.92 Å². The zero-order chi connectivity index (χ0) is 13.1. The van der Waals surface area contributed by atoms with Gasteiger partial charge in [0.2, 0.25) is 0 Å². The molecule has 1 aliphatic carbocycles. The SMILES string of the molecule is CCCN(CC(C(N)=NO)C(F)(F)F)C1CC1. The molecule has 1 rings (SSSR count). The van der Waals surface area contributed by atoms with Crippen LogP contribution in [0.25, 0.3) is 0 Å². The van der Waals surface area contributed by atoms with Gasteiger partial charge in [-0.2, -0.15) is 13.2 Å². The van der Waals surface area contributed by atoms with Gasteiger partial charge in [0.05, 0.1) is 0 Å². The van der Waals surface area contributed by atoms with E-state index in [1.165, 1.54) is 0 Å². The summed E-state index contributed by atoms with van der Waals surface area (Å²) in [5.74, 6) is -2.65. The molecule has 0 bridgehead atoms. The summed E-state index contributed by atoms with van der Waals surface area (Å²) in [6, 6.07) is 0.228. The lowest BCUT2D eigenvalue weighted by atomic mass is 10.1. The van der Waals surface area contributed by atoms with Crippen LogP contribution in [0.3, 0.4) is 0 Å². The summed E-state index contributed by atoms with van der Waals surface area (Å²) in [7, 11) is 0. The topological polar surface area (TPSA) is 61.8 Å². The minimum absolute atomic E-state index is 0.224. The van der Waals surface area contributed by atoms with Crippen LogP contribution in [0.2, 0.25) is 0 Å². The maximum atomic E-state index is 12.7. The molecule has 4 nitrogen and oxygen atoms in total. The predicted octanol–water partition coefficient (Wildman–Crippen LogP) is 1.79. The Labute approximate surface area is 98.3 Å². The molecule has 0 aromatic carbocycles. The zero-order valence-corrected chi connectivity index (χ0v) is 9.74. The van der Waals surface area contributed by atoms with Crippen molar-refractivity contribution in [2.75, 3.05) is 13.1 Å². The summed E-state index contributed by atoms with van der Waals surface area (Å²) in [5.41, 5.74) is 5.12. The molecule has 0 heterocycles. The largest absolute Gasteiger partial charge is 0.409 e. The van der Waals surface area contributed by atoms with Gasteiger partial charge in [-0.05, 0) is 25.8 Å². The second kappa shape index (κ2) is 5.57. The first kappa shape index (κ1) is 14.1. The van der Waals surface area contributed by atoms with Crippen LogP contribution >= 0.6 is 0 Å². The predicted molar refractivity (Wildman–Crippen MR) is 57.8 cm³/mol. The highest BCUT2D eigenvalue weighted by atomic mass is 19.4. The zero-order valence-electron chi connectivity index (χ0n) is 9.74. The molecule has 1 aliphatic rings. The van der Waals surface area contributed by atoms with Crippen molar-refractivity contribution < 1.29 is 18.4 Å². The van der Waals surface area contributed by atoms with Crippen LogP contribution in [-0.2, 0) is 0 Å². The fraction of sp³-hybridized carbons (Fsp3) is 0.900. The third-order valence-electron chi connectivity index (χ3n) is 2.86. The molecular weight excluding hydrogens is 235 g/mol. The number of alkyl halides is 3. The Morgan fingerprint density at radius 2 is 2.12 bits per heavy atom. The van der Waals surface area contributed by atoms with Gasteiger partial charge in [0.1, 0.15) is 5.92 Å². The summed E-state index contributed by atoms with van der Waals surface area (Å²) in [6.07, 6.45) is -1.82. The Balaban J connectivity index is 2.70. The molecule has 3 N–H and O–H groups in total. The third-order valence-corrected chi connectivity index (χ3v) is 2.86. The van der Waals surface area contributed by atoms with E-state index in [0.29, 0.717) is 6.54 Å². The van der Waals surface area contributed by atoms with E-state index in [2.05, 4.69) is 5.16 Å². The van der Waals surface area contributed by atoms with E-state index in [1.807, 2.05) is 6.92 Å². The van der Waals surface area contributed by atoms with Crippen molar-refractivity contribution in [1.29, 1.82) is 0 Å². The van der Waals surface area contributed by atoms with E-state index >= 15 is 0 Å². The molecule has 0 amide bonds. The highest BCUT2D eigenvalue weighted by molar-refractivity contribution is 5.83. The molecule has 1 atom stereocenters. The summed E-state index contributed by atoms with van der Waals surface area (Å²) in [5, 5.41) is 10.9. The van der Waals surface area contributed by atoms with Crippen LogP contribution in [0.4, 0.5) is 13.2 Å². The van der Waals surface area contributed by atoms with Crippen LogP contribution in [-0.4, -0.2) is 41.3 Å². The lowest BCUT2D eigenvalue weighted by Crippen LogP contribution is -2.45. The molecule has 7 heteroatoms. The van der Waals surface area contributed by atoms with Crippen molar-refractivity contribution in [3.63, 3.8) is 0 Å². The average Bonchev–Trinajstić information content (AvgIpc) is 3.05. The van der Waals surface area contributed by atoms with Crippen molar-refractivity contribution in [2.45, 2.75) is 38.4 Å². The Hall–Kier alpha value is -0.980. The van der Waals surface area contributed by atoms with Gasteiger partial charge in [-0.15, -0.1) is 0 Å². The van der Waals surface area contributed by atoms with Crippen molar-refractivity contribution in [3.05, 3.63) is 0 Å². The molecular formula is C10H18F3N3O. The van der Waals surface area contributed by atoms with Gasteiger partial charge in [0.25, 0.3) is 0 Å². The van der Waals surface area contributed by atoms with E-state index in [0.717, 1.165) is 19.3 Å². The van der Waals surface area contributed by atoms with E-state index in [4.69, 9.17) is 10.9 Å². The molecule has 0 spiro atoms. The Kier molecular flexibility index (Phi) is 4.62. The minimum atomic E-state index is -4.48. The number of hydrogen-bond donors (Lipinski definition) is 2. The fourth-order valence-electron chi connectivity index (χ4n) is 1.82. The number of hydrogen-bond acceptors (Lipinski definition) is 3. The molecule has 0 aliphatic heterocycles. The van der Waals surface area contributed by atoms with Crippen molar-refractivity contribution in [1.82, 2.24) is 4.90 Å². The summed E-state index contributed by atoms with van der Waals surface area (Å²) >= 11 is 0. The van der Waals surface area contributed by atoms with Gasteiger partial charge in [-0.1, -0.05) is 12.1 Å². The molecule has 0 saturated heterocycles. The lowest BCUT2D eigenvalue weighted by molar-refractivity contribution is -0.160. The number of nitrogens with two attached hydrogens (primary N) is 1. The van der Waals surface area contributed by atoms with Gasteiger partial charge in [0, 0.05) is 12.6 Å². The summed E-state index contributed by atoms with van der Waals surface area (Å²) in [4.78, 5) is 1.77. The lowest BCUT2D eigenvalue weighted by Gasteiger charge is -2.27. The molecule has 1 unspecified atom stereocenters. The summed E-state index contributed by atoms with van der Waals surface area (Å²) in [6.45, 7) is 2.30. The van der Waals surface area contributed by atoms with Gasteiger partial charge < -0.3 is 10.9 Å². The van der Waals surface area contributed by atoms with Crippen LogP contribution in [0.15, 0.2) is 5.16 Å². The molecule has 0 radical (unpaired) electrons. The van der Waals surface area contributed by atoms with Gasteiger partial charge in [-0.3, -0.25) is 4.90 Å². The highest BCUT2D eigenvalue weighted by Gasteiger charge is 2.45. The van der Waals surface area contributed by atoms with Crippen LogP contribution in [0.1, 0.15) is 26.2 Å². The number of halogens is 3. The van der Waals surface area contributed by atoms with E-state index in [-0.39, 0.29) is 12.6 Å². The normalized spacial score (nSPS) is 19.7. The molecule has 1 fully saturated rings. The van der Waals surface area contributed by atoms with Gasteiger partial charge in [-0.25, -0.2) is 0 Å². The second-order valence-electron chi connectivity index (χ2n) is 4.35. The fourth-order valence-corrected chi connectivity index (χ4v) is 1.82. The quantitative estimate of drug-likeness (QED) is 0.328. The first-order chi connectivity index (χ1) is 7.90. The van der Waals surface area contributed by atoms with Crippen LogP contribution in [0.5, 0.6) is 0 Å². The van der Waals surface area contributed by atoms with Gasteiger partial charge >= 0.3 is 6.18 Å².